The zero-order valence-corrected chi connectivity index (χ0v) is 28.7. The predicted molar refractivity (Wildman–Crippen MR) is 147 cm³/mol. The van der Waals surface area contributed by atoms with Gasteiger partial charge < -0.3 is 33.2 Å². The van der Waals surface area contributed by atoms with Gasteiger partial charge in [0.2, 0.25) is 0 Å². The van der Waals surface area contributed by atoms with Crippen LogP contribution in [0.15, 0.2) is 35.8 Å². The van der Waals surface area contributed by atoms with E-state index in [1.54, 1.807) is 23.3 Å². The van der Waals surface area contributed by atoms with Gasteiger partial charge in [-0.1, -0.05) is 11.5 Å². The molecule has 0 unspecified atom stereocenters. The van der Waals surface area contributed by atoms with Gasteiger partial charge >= 0.3 is 30.2 Å². The van der Waals surface area contributed by atoms with E-state index in [9.17, 15) is 0 Å². The summed E-state index contributed by atoms with van der Waals surface area (Å²) < 4.78 is 22.1. The third kappa shape index (κ3) is 28.6. The van der Waals surface area contributed by atoms with E-state index in [0.717, 1.165) is 24.4 Å². The Morgan fingerprint density at radius 2 is 1.03 bits per heavy atom. The molecule has 0 fully saturated rings. The van der Waals surface area contributed by atoms with Crippen LogP contribution in [0.3, 0.4) is 0 Å². The molecule has 0 radical (unpaired) electrons. The topological polar surface area (TPSA) is 36.9 Å². The molecular weight excluding hydrogens is 575 g/mol. The van der Waals surface area contributed by atoms with Gasteiger partial charge in [-0.3, -0.25) is 0 Å². The molecule has 0 aromatic carbocycles. The van der Waals surface area contributed by atoms with Gasteiger partial charge in [0.15, 0.2) is 16.6 Å². The second-order valence-corrected chi connectivity index (χ2v) is 16.9. The second-order valence-electron chi connectivity index (χ2n) is 7.91. The Balaban J connectivity index is -0.000000126. The minimum atomic E-state index is -1.36. The van der Waals surface area contributed by atoms with E-state index in [1.165, 1.54) is 0 Å². The SMILES string of the molecule is C[Si](C)(C)OCCOC1=[C-]CC=C1.C[Si](C)(C)OCCOC1=[C-]CC=C1.Cl.Cl.[CH3-].[CH3-].[SiH2]=[Zr]. The van der Waals surface area contributed by atoms with Crippen molar-refractivity contribution in [3.8, 4) is 0 Å². The fraction of sp³-hybridized carbons (Fsp3) is 0.545. The molecule has 32 heavy (non-hydrogen) atoms. The monoisotopic (exact) mass is 616 g/mol. The van der Waals surface area contributed by atoms with Crippen molar-refractivity contribution in [2.24, 2.45) is 0 Å². The molecule has 10 heteroatoms. The van der Waals surface area contributed by atoms with Crippen LogP contribution < -0.4 is 0 Å². The van der Waals surface area contributed by atoms with Crippen molar-refractivity contribution in [1.82, 2.24) is 0 Å². The predicted octanol–water partition coefficient (Wildman–Crippen LogP) is 5.83. The number of allylic oxidation sites excluding steroid dienone is 6. The molecule has 2 rings (SSSR count). The molecule has 190 valence electrons. The van der Waals surface area contributed by atoms with Crippen molar-refractivity contribution in [3.63, 3.8) is 0 Å². The van der Waals surface area contributed by atoms with E-state index in [0.29, 0.717) is 26.4 Å². The molecule has 0 amide bonds. The molecule has 0 N–H and O–H groups in total. The zero-order valence-electron chi connectivity index (χ0n) is 21.2. The van der Waals surface area contributed by atoms with Gasteiger partial charge in [0.05, 0.1) is 13.2 Å². The molecule has 0 atom stereocenters. The van der Waals surface area contributed by atoms with Crippen molar-refractivity contribution in [2.75, 3.05) is 26.4 Å². The standard InChI is InChI=1S/2C10H17O2Si.2CH3.2ClH.H2Si.Zr/c2*1-13(2,3)12-9-8-11-10-6-4-5-7-10;;;;;;/h2*4,6H,5,8-9H2,1-3H3;2*1H3;2*1H;1H2;/q4*-1;;;;. The van der Waals surface area contributed by atoms with Gasteiger partial charge in [-0.05, 0) is 39.3 Å². The van der Waals surface area contributed by atoms with Crippen molar-refractivity contribution >= 4 is 48.3 Å². The number of rotatable bonds is 10. The average Bonchev–Trinajstić information content (AvgIpc) is 3.30. The van der Waals surface area contributed by atoms with Crippen LogP contribution in [0.25, 0.3) is 0 Å². The third-order valence-corrected chi connectivity index (χ3v) is 5.22. The van der Waals surface area contributed by atoms with Crippen LogP contribution in [0.2, 0.25) is 39.3 Å². The molecule has 0 aromatic heterocycles. The first kappa shape index (κ1) is 42.7. The average molecular weight is 619 g/mol. The Kier molecular flexibility index (Phi) is 33.0. The van der Waals surface area contributed by atoms with Crippen LogP contribution in [0.4, 0.5) is 0 Å². The normalized spacial score (nSPS) is 13.2. The number of hydrogen-bond acceptors (Lipinski definition) is 4. The molecule has 2 aliphatic rings. The third-order valence-electron chi connectivity index (χ3n) is 3.08. The Hall–Kier alpha value is 0.594. The summed E-state index contributed by atoms with van der Waals surface area (Å²) in [6.07, 6.45) is 15.9. The first-order valence-corrected chi connectivity index (χ1v) is 22.3. The van der Waals surface area contributed by atoms with Gasteiger partial charge in [0, 0.05) is 0 Å². The van der Waals surface area contributed by atoms with E-state index in [2.05, 4.69) is 51.4 Å². The van der Waals surface area contributed by atoms with Crippen molar-refractivity contribution < 1.29 is 41.7 Å². The van der Waals surface area contributed by atoms with E-state index in [-0.39, 0.29) is 39.7 Å². The molecule has 4 nitrogen and oxygen atoms in total. The maximum absolute atomic E-state index is 5.64. The molecule has 0 saturated carbocycles. The van der Waals surface area contributed by atoms with Crippen LogP contribution in [-0.4, -0.2) is 49.9 Å². The molecule has 0 spiro atoms. The first-order chi connectivity index (χ1) is 13.2. The van der Waals surface area contributed by atoms with Gasteiger partial charge in [-0.25, -0.2) is 12.2 Å². The summed E-state index contributed by atoms with van der Waals surface area (Å²) in [5.74, 6) is 1.72. The summed E-state index contributed by atoms with van der Waals surface area (Å²) in [7, 11) is -2.72. The summed E-state index contributed by atoms with van der Waals surface area (Å²) >= 11 is 1.58. The fourth-order valence-electron chi connectivity index (χ4n) is 1.97. The fourth-order valence-corrected chi connectivity index (χ4v) is 3.36. The molecule has 2 aliphatic carbocycles. The number of hydrogen-bond donors (Lipinski definition) is 0. The van der Waals surface area contributed by atoms with Crippen molar-refractivity contribution in [3.05, 3.63) is 62.8 Å². The van der Waals surface area contributed by atoms with Crippen LogP contribution in [-0.2, 0) is 41.7 Å². The summed E-state index contributed by atoms with van der Waals surface area (Å²) in [5, 5.41) is 0. The van der Waals surface area contributed by atoms with Crippen LogP contribution in [0.1, 0.15) is 12.8 Å². The van der Waals surface area contributed by atoms with Gasteiger partial charge in [-0.2, -0.15) is 24.3 Å². The number of halogens is 2. The number of ether oxygens (including phenoxy) is 2. The van der Waals surface area contributed by atoms with Gasteiger partial charge in [-0.15, -0.1) is 37.7 Å². The van der Waals surface area contributed by atoms with E-state index < -0.39 is 16.6 Å². The van der Waals surface area contributed by atoms with Crippen LogP contribution in [0, 0.1) is 27.0 Å². The van der Waals surface area contributed by atoms with E-state index >= 15 is 0 Å². The summed E-state index contributed by atoms with van der Waals surface area (Å²) in [4.78, 5) is 0. The first-order valence-electron chi connectivity index (χ1n) is 9.59. The van der Waals surface area contributed by atoms with Crippen molar-refractivity contribution in [1.29, 1.82) is 0 Å². The second kappa shape index (κ2) is 24.7. The minimum absolute atomic E-state index is 0. The zero-order chi connectivity index (χ0) is 21.5. The summed E-state index contributed by atoms with van der Waals surface area (Å²) in [6, 6.07) is 0. The van der Waals surface area contributed by atoms with E-state index in [4.69, 9.17) is 18.3 Å². The molecule has 0 heterocycles. The summed E-state index contributed by atoms with van der Waals surface area (Å²) in [6.45, 7) is 17.6. The molecule has 0 aromatic rings. The Labute approximate surface area is 229 Å². The maximum atomic E-state index is 5.64. The molecule has 0 aliphatic heterocycles. The Morgan fingerprint density at radius 3 is 1.25 bits per heavy atom. The van der Waals surface area contributed by atoms with Crippen LogP contribution in [0.5, 0.6) is 0 Å². The van der Waals surface area contributed by atoms with Crippen molar-refractivity contribution in [2.45, 2.75) is 52.1 Å². The van der Waals surface area contributed by atoms with Crippen LogP contribution >= 0.6 is 24.8 Å². The van der Waals surface area contributed by atoms with Gasteiger partial charge in [0.1, 0.15) is 13.2 Å². The molecule has 0 saturated heterocycles. The Bertz CT molecular complexity index is 510. The quantitative estimate of drug-likeness (QED) is 0.176. The summed E-state index contributed by atoms with van der Waals surface area (Å²) in [5.41, 5.74) is 0. The van der Waals surface area contributed by atoms with Gasteiger partial charge in [0.25, 0.3) is 0 Å². The molecule has 0 bridgehead atoms. The molecular formula is C22H44Cl2O4Si3Zr-4. The van der Waals surface area contributed by atoms with E-state index in [1.807, 2.05) is 31.2 Å². The Morgan fingerprint density at radius 1 is 0.719 bits per heavy atom.